The molecular formula is C15H19N3O3. The minimum Gasteiger partial charge on any atom is -0.408 e. The lowest BCUT2D eigenvalue weighted by Crippen LogP contribution is -2.46. The van der Waals surface area contributed by atoms with E-state index in [2.05, 4.69) is 5.32 Å². The summed E-state index contributed by atoms with van der Waals surface area (Å²) in [5.74, 6) is -0.136. The SMILES string of the molecule is CN1CC(NCc2ccc3c(c2)oc(=O)n3C)CCC1=O. The maximum Gasteiger partial charge on any atom is 0.419 e. The van der Waals surface area contributed by atoms with Crippen molar-refractivity contribution in [2.75, 3.05) is 13.6 Å². The van der Waals surface area contributed by atoms with Gasteiger partial charge in [-0.3, -0.25) is 9.36 Å². The number of amides is 1. The molecule has 3 rings (SSSR count). The van der Waals surface area contributed by atoms with Crippen molar-refractivity contribution in [3.63, 3.8) is 0 Å². The Kier molecular flexibility index (Phi) is 3.55. The molecule has 0 saturated carbocycles. The summed E-state index contributed by atoms with van der Waals surface area (Å²) in [6, 6.07) is 6.09. The van der Waals surface area contributed by atoms with Gasteiger partial charge in [-0.25, -0.2) is 4.79 Å². The number of fused-ring (bicyclic) bond motifs is 1. The Bertz CT molecular complexity index is 731. The predicted molar refractivity (Wildman–Crippen MR) is 79.0 cm³/mol. The molecule has 1 unspecified atom stereocenters. The molecule has 1 atom stereocenters. The Labute approximate surface area is 122 Å². The van der Waals surface area contributed by atoms with E-state index in [0.717, 1.165) is 24.0 Å². The molecule has 0 bridgehead atoms. The molecule has 1 aliphatic heterocycles. The zero-order valence-electron chi connectivity index (χ0n) is 12.3. The predicted octanol–water partition coefficient (Wildman–Crippen LogP) is 0.842. The number of nitrogens with one attached hydrogen (secondary N) is 1. The molecule has 1 N–H and O–H groups in total. The molecule has 2 heterocycles. The van der Waals surface area contributed by atoms with Gasteiger partial charge >= 0.3 is 5.76 Å². The quantitative estimate of drug-likeness (QED) is 0.909. The Balaban J connectivity index is 1.68. The summed E-state index contributed by atoms with van der Waals surface area (Å²) >= 11 is 0. The van der Waals surface area contributed by atoms with Crippen LogP contribution in [0.1, 0.15) is 18.4 Å². The van der Waals surface area contributed by atoms with Crippen molar-refractivity contribution in [3.05, 3.63) is 34.3 Å². The second-order valence-corrected chi connectivity index (χ2v) is 5.62. The molecular weight excluding hydrogens is 270 g/mol. The van der Waals surface area contributed by atoms with Crippen LogP contribution >= 0.6 is 0 Å². The molecule has 21 heavy (non-hydrogen) atoms. The van der Waals surface area contributed by atoms with Crippen molar-refractivity contribution in [2.24, 2.45) is 7.05 Å². The van der Waals surface area contributed by atoms with E-state index in [1.807, 2.05) is 25.2 Å². The fourth-order valence-corrected chi connectivity index (χ4v) is 2.73. The lowest BCUT2D eigenvalue weighted by molar-refractivity contribution is -0.132. The van der Waals surface area contributed by atoms with E-state index in [9.17, 15) is 9.59 Å². The van der Waals surface area contributed by atoms with Crippen LogP contribution in [0.4, 0.5) is 0 Å². The van der Waals surface area contributed by atoms with Crippen molar-refractivity contribution >= 4 is 17.0 Å². The van der Waals surface area contributed by atoms with Crippen molar-refractivity contribution in [1.82, 2.24) is 14.8 Å². The van der Waals surface area contributed by atoms with Gasteiger partial charge in [0.25, 0.3) is 0 Å². The number of rotatable bonds is 3. The maximum absolute atomic E-state index is 11.5. The number of oxazole rings is 1. The third kappa shape index (κ3) is 2.71. The Morgan fingerprint density at radius 3 is 2.90 bits per heavy atom. The van der Waals surface area contributed by atoms with Crippen LogP contribution in [0, 0.1) is 0 Å². The van der Waals surface area contributed by atoms with Gasteiger partial charge < -0.3 is 14.6 Å². The number of piperidine rings is 1. The molecule has 6 heteroatoms. The van der Waals surface area contributed by atoms with Gasteiger partial charge in [-0.1, -0.05) is 6.07 Å². The van der Waals surface area contributed by atoms with Crippen molar-refractivity contribution in [2.45, 2.75) is 25.4 Å². The maximum atomic E-state index is 11.5. The number of carbonyl (C=O) groups excluding carboxylic acids is 1. The summed E-state index contributed by atoms with van der Waals surface area (Å²) in [5, 5.41) is 3.45. The van der Waals surface area contributed by atoms with E-state index >= 15 is 0 Å². The number of likely N-dealkylation sites (N-methyl/N-ethyl adjacent to an activating group) is 1. The minimum atomic E-state index is -0.345. The van der Waals surface area contributed by atoms with E-state index in [4.69, 9.17) is 4.42 Å². The van der Waals surface area contributed by atoms with Gasteiger partial charge in [-0.05, 0) is 24.1 Å². The molecule has 1 aromatic heterocycles. The molecule has 0 spiro atoms. The van der Waals surface area contributed by atoms with Gasteiger partial charge in [0.15, 0.2) is 5.58 Å². The molecule has 1 fully saturated rings. The number of benzene rings is 1. The van der Waals surface area contributed by atoms with Crippen LogP contribution < -0.4 is 11.1 Å². The Hall–Kier alpha value is -2.08. The molecule has 0 radical (unpaired) electrons. The second kappa shape index (κ2) is 5.37. The van der Waals surface area contributed by atoms with E-state index in [1.54, 1.807) is 11.9 Å². The van der Waals surface area contributed by atoms with Crippen LogP contribution in [0.25, 0.3) is 11.1 Å². The number of likely N-dealkylation sites (tertiary alicyclic amines) is 1. The highest BCUT2D eigenvalue weighted by atomic mass is 16.4. The van der Waals surface area contributed by atoms with Gasteiger partial charge in [0.05, 0.1) is 5.52 Å². The number of hydrogen-bond donors (Lipinski definition) is 1. The van der Waals surface area contributed by atoms with Gasteiger partial charge in [-0.2, -0.15) is 0 Å². The zero-order chi connectivity index (χ0) is 15.0. The molecule has 1 aliphatic rings. The van der Waals surface area contributed by atoms with E-state index in [0.29, 0.717) is 24.6 Å². The van der Waals surface area contributed by atoms with Crippen molar-refractivity contribution in [1.29, 1.82) is 0 Å². The summed E-state index contributed by atoms with van der Waals surface area (Å²) < 4.78 is 6.68. The highest BCUT2D eigenvalue weighted by Crippen LogP contribution is 2.15. The van der Waals surface area contributed by atoms with Crippen LogP contribution in [0.5, 0.6) is 0 Å². The number of aryl methyl sites for hydroxylation is 1. The number of aromatic nitrogens is 1. The highest BCUT2D eigenvalue weighted by Gasteiger charge is 2.22. The third-order valence-corrected chi connectivity index (χ3v) is 4.08. The first-order valence-electron chi connectivity index (χ1n) is 7.10. The molecule has 1 amide bonds. The van der Waals surface area contributed by atoms with E-state index in [1.165, 1.54) is 4.57 Å². The molecule has 112 valence electrons. The first-order valence-corrected chi connectivity index (χ1v) is 7.10. The molecule has 1 aromatic carbocycles. The van der Waals surface area contributed by atoms with Gasteiger partial charge in [-0.15, -0.1) is 0 Å². The monoisotopic (exact) mass is 289 g/mol. The first kappa shape index (κ1) is 13.9. The van der Waals surface area contributed by atoms with Crippen LogP contribution in [-0.4, -0.2) is 35.0 Å². The largest absolute Gasteiger partial charge is 0.419 e. The molecule has 6 nitrogen and oxygen atoms in total. The fourth-order valence-electron chi connectivity index (χ4n) is 2.73. The van der Waals surface area contributed by atoms with Crippen LogP contribution in [0.2, 0.25) is 0 Å². The Morgan fingerprint density at radius 2 is 2.14 bits per heavy atom. The van der Waals surface area contributed by atoms with E-state index < -0.39 is 0 Å². The van der Waals surface area contributed by atoms with Crippen molar-refractivity contribution < 1.29 is 9.21 Å². The average molecular weight is 289 g/mol. The third-order valence-electron chi connectivity index (χ3n) is 4.08. The standard InChI is InChI=1S/C15H19N3O3/c1-17-9-11(4-6-14(17)19)16-8-10-3-5-12-13(7-10)21-15(20)18(12)2/h3,5,7,11,16H,4,6,8-9H2,1-2H3. The summed E-state index contributed by atoms with van der Waals surface area (Å²) in [6.45, 7) is 1.43. The lowest BCUT2D eigenvalue weighted by atomic mass is 10.1. The average Bonchev–Trinajstić information content (AvgIpc) is 2.75. The van der Waals surface area contributed by atoms with Gasteiger partial charge in [0.1, 0.15) is 0 Å². The van der Waals surface area contributed by atoms with E-state index in [-0.39, 0.29) is 11.7 Å². The fraction of sp³-hybridized carbons (Fsp3) is 0.467. The molecule has 2 aromatic rings. The van der Waals surface area contributed by atoms with Crippen LogP contribution in [0.3, 0.4) is 0 Å². The van der Waals surface area contributed by atoms with Gasteiger partial charge in [0.2, 0.25) is 5.91 Å². The zero-order valence-corrected chi connectivity index (χ0v) is 12.3. The minimum absolute atomic E-state index is 0.209. The summed E-state index contributed by atoms with van der Waals surface area (Å²) in [6.07, 6.45) is 1.46. The smallest absolute Gasteiger partial charge is 0.408 e. The number of carbonyl (C=O) groups is 1. The lowest BCUT2D eigenvalue weighted by Gasteiger charge is -2.30. The summed E-state index contributed by atoms with van der Waals surface area (Å²) in [4.78, 5) is 24.7. The van der Waals surface area contributed by atoms with Crippen molar-refractivity contribution in [3.8, 4) is 0 Å². The molecule has 0 aliphatic carbocycles. The van der Waals surface area contributed by atoms with Crippen LogP contribution in [0.15, 0.2) is 27.4 Å². The Morgan fingerprint density at radius 1 is 1.33 bits per heavy atom. The number of hydrogen-bond acceptors (Lipinski definition) is 4. The highest BCUT2D eigenvalue weighted by molar-refractivity contribution is 5.76. The van der Waals surface area contributed by atoms with Gasteiger partial charge in [0, 0.05) is 39.6 Å². The topological polar surface area (TPSA) is 67.5 Å². The molecule has 1 saturated heterocycles. The summed E-state index contributed by atoms with van der Waals surface area (Å²) in [5.41, 5.74) is 2.47. The first-order chi connectivity index (χ1) is 10.0. The van der Waals surface area contributed by atoms with Crippen LogP contribution in [-0.2, 0) is 18.4 Å². The second-order valence-electron chi connectivity index (χ2n) is 5.62. The normalized spacial score (nSPS) is 19.4. The summed E-state index contributed by atoms with van der Waals surface area (Å²) in [7, 11) is 3.53. The number of nitrogens with zero attached hydrogens (tertiary/aromatic N) is 2.